The number of aromatic amines is 1. The quantitative estimate of drug-likeness (QED) is 0.611. The van der Waals surface area contributed by atoms with Crippen LogP contribution >= 0.6 is 0 Å². The van der Waals surface area contributed by atoms with Gasteiger partial charge in [-0.25, -0.2) is 4.79 Å². The van der Waals surface area contributed by atoms with Gasteiger partial charge in [0.2, 0.25) is 0 Å². The first-order chi connectivity index (χ1) is 13.3. The topological polar surface area (TPSA) is 79.5 Å². The van der Waals surface area contributed by atoms with Crippen LogP contribution in [0.5, 0.6) is 0 Å². The molecule has 1 N–H and O–H groups in total. The van der Waals surface area contributed by atoms with Crippen molar-refractivity contribution < 1.29 is 19.1 Å². The molecular formula is C22H26N2O4. The summed E-state index contributed by atoms with van der Waals surface area (Å²) in [6.45, 7) is 7.20. The van der Waals surface area contributed by atoms with Gasteiger partial charge in [-0.05, 0) is 58.2 Å². The van der Waals surface area contributed by atoms with E-state index in [9.17, 15) is 14.4 Å². The van der Waals surface area contributed by atoms with E-state index < -0.39 is 12.0 Å². The largest absolute Gasteiger partial charge is 0.464 e. The molecule has 0 aliphatic heterocycles. The Morgan fingerprint density at radius 1 is 1.11 bits per heavy atom. The normalized spacial score (nSPS) is 14.5. The first kappa shape index (κ1) is 19.9. The lowest BCUT2D eigenvalue weighted by molar-refractivity contribution is 0.0591. The van der Waals surface area contributed by atoms with E-state index in [2.05, 4.69) is 4.98 Å². The molecule has 1 amide bonds. The van der Waals surface area contributed by atoms with E-state index in [0.717, 1.165) is 18.4 Å². The van der Waals surface area contributed by atoms with Gasteiger partial charge in [0.05, 0.1) is 13.2 Å². The Kier molecular flexibility index (Phi) is 5.40. The molecule has 0 saturated heterocycles. The van der Waals surface area contributed by atoms with Crippen molar-refractivity contribution in [2.75, 3.05) is 7.11 Å². The number of esters is 1. The number of rotatable bonds is 6. The summed E-state index contributed by atoms with van der Waals surface area (Å²) in [6.07, 6.45) is 1.79. The highest BCUT2D eigenvalue weighted by molar-refractivity contribution is 6.07. The minimum absolute atomic E-state index is 0.0763. The third-order valence-electron chi connectivity index (χ3n) is 5.34. The van der Waals surface area contributed by atoms with Crippen molar-refractivity contribution in [2.45, 2.75) is 52.6 Å². The van der Waals surface area contributed by atoms with Gasteiger partial charge in [0.25, 0.3) is 5.91 Å². The summed E-state index contributed by atoms with van der Waals surface area (Å²) >= 11 is 0. The molecule has 148 valence electrons. The number of aryl methyl sites for hydroxylation is 2. The molecule has 2 aromatic rings. The Labute approximate surface area is 164 Å². The second-order valence-corrected chi connectivity index (χ2v) is 7.47. The minimum atomic E-state index is -0.625. The molecule has 3 rings (SSSR count). The van der Waals surface area contributed by atoms with E-state index in [0.29, 0.717) is 22.4 Å². The monoisotopic (exact) mass is 382 g/mol. The maximum Gasteiger partial charge on any atom is 0.354 e. The van der Waals surface area contributed by atoms with E-state index in [4.69, 9.17) is 4.74 Å². The third-order valence-corrected chi connectivity index (χ3v) is 5.34. The van der Waals surface area contributed by atoms with Gasteiger partial charge in [0.1, 0.15) is 5.69 Å². The van der Waals surface area contributed by atoms with Gasteiger partial charge in [-0.1, -0.05) is 17.7 Å². The van der Waals surface area contributed by atoms with Gasteiger partial charge in [0.15, 0.2) is 5.78 Å². The second-order valence-electron chi connectivity index (χ2n) is 7.47. The lowest BCUT2D eigenvalue weighted by Gasteiger charge is -2.29. The summed E-state index contributed by atoms with van der Waals surface area (Å²) in [5, 5.41) is 0. The summed E-state index contributed by atoms with van der Waals surface area (Å²) in [4.78, 5) is 43.0. The summed E-state index contributed by atoms with van der Waals surface area (Å²) in [5.74, 6) is -0.821. The number of H-pyrrole nitrogens is 1. The van der Waals surface area contributed by atoms with E-state index in [1.165, 1.54) is 7.11 Å². The fourth-order valence-electron chi connectivity index (χ4n) is 3.62. The van der Waals surface area contributed by atoms with Gasteiger partial charge in [0, 0.05) is 22.9 Å². The number of carbonyl (C=O) groups is 3. The number of hydrogen-bond acceptors (Lipinski definition) is 4. The van der Waals surface area contributed by atoms with Crippen LogP contribution in [-0.4, -0.2) is 46.7 Å². The zero-order valence-electron chi connectivity index (χ0n) is 17.0. The van der Waals surface area contributed by atoms with Crippen LogP contribution in [0.15, 0.2) is 24.3 Å². The second kappa shape index (κ2) is 7.62. The summed E-state index contributed by atoms with van der Waals surface area (Å²) < 4.78 is 4.78. The Morgan fingerprint density at radius 2 is 1.71 bits per heavy atom. The van der Waals surface area contributed by atoms with Gasteiger partial charge >= 0.3 is 5.97 Å². The van der Waals surface area contributed by atoms with Crippen LogP contribution in [0.2, 0.25) is 0 Å². The molecule has 1 aliphatic rings. The minimum Gasteiger partial charge on any atom is -0.464 e. The van der Waals surface area contributed by atoms with E-state index in [-0.39, 0.29) is 23.4 Å². The number of nitrogens with zero attached hydrogens (tertiary/aromatic N) is 1. The molecule has 28 heavy (non-hydrogen) atoms. The van der Waals surface area contributed by atoms with Crippen LogP contribution in [0.3, 0.4) is 0 Å². The fraction of sp³-hybridized carbons (Fsp3) is 0.409. The zero-order chi connectivity index (χ0) is 20.6. The van der Waals surface area contributed by atoms with Gasteiger partial charge < -0.3 is 14.6 Å². The Hall–Kier alpha value is -2.89. The van der Waals surface area contributed by atoms with E-state index in [1.54, 1.807) is 37.8 Å². The zero-order valence-corrected chi connectivity index (χ0v) is 17.0. The molecule has 0 bridgehead atoms. The number of hydrogen-bond donors (Lipinski definition) is 1. The first-order valence-corrected chi connectivity index (χ1v) is 9.47. The number of aromatic nitrogens is 1. The van der Waals surface area contributed by atoms with Crippen molar-refractivity contribution >= 4 is 17.7 Å². The highest BCUT2D eigenvalue weighted by Crippen LogP contribution is 2.32. The summed E-state index contributed by atoms with van der Waals surface area (Å²) in [5.41, 5.74) is 3.55. The van der Waals surface area contributed by atoms with Crippen LogP contribution in [0.1, 0.15) is 67.8 Å². The number of methoxy groups -OCH3 is 1. The molecule has 0 spiro atoms. The molecule has 1 atom stereocenters. The van der Waals surface area contributed by atoms with Gasteiger partial charge in [-0.3, -0.25) is 9.59 Å². The molecular weight excluding hydrogens is 356 g/mol. The van der Waals surface area contributed by atoms with Crippen molar-refractivity contribution in [3.63, 3.8) is 0 Å². The lowest BCUT2D eigenvalue weighted by Crippen LogP contribution is -2.45. The molecule has 0 unspecified atom stereocenters. The number of carbonyl (C=O) groups excluding carboxylic acids is 3. The number of ether oxygens (including phenoxy) is 1. The molecule has 0 radical (unpaired) electrons. The maximum absolute atomic E-state index is 13.3. The molecule has 6 heteroatoms. The van der Waals surface area contributed by atoms with Crippen LogP contribution in [-0.2, 0) is 4.74 Å². The number of ketones is 1. The number of Topliss-reactive ketones (excluding diaryl/α,β-unsaturated/α-hetero) is 1. The smallest absolute Gasteiger partial charge is 0.354 e. The highest BCUT2D eigenvalue weighted by atomic mass is 16.5. The molecule has 6 nitrogen and oxygen atoms in total. The van der Waals surface area contributed by atoms with Crippen molar-refractivity contribution in [2.24, 2.45) is 0 Å². The molecule has 1 aromatic carbocycles. The van der Waals surface area contributed by atoms with Crippen molar-refractivity contribution in [3.05, 3.63) is 57.9 Å². The molecule has 1 saturated carbocycles. The number of amides is 1. The van der Waals surface area contributed by atoms with E-state index >= 15 is 0 Å². The van der Waals surface area contributed by atoms with Crippen LogP contribution < -0.4 is 0 Å². The Morgan fingerprint density at radius 3 is 2.25 bits per heavy atom. The Bertz CT molecular complexity index is 923. The first-order valence-electron chi connectivity index (χ1n) is 9.47. The SMILES string of the molecule is COC(=O)c1[nH]c(C)c(C(=O)[C@@H](C)N(C(=O)c2ccc(C)cc2)C2CC2)c1C. The van der Waals surface area contributed by atoms with Crippen LogP contribution in [0.4, 0.5) is 0 Å². The maximum atomic E-state index is 13.3. The third kappa shape index (κ3) is 3.59. The lowest BCUT2D eigenvalue weighted by atomic mass is 9.99. The highest BCUT2D eigenvalue weighted by Gasteiger charge is 2.40. The Balaban J connectivity index is 1.92. The molecule has 1 aromatic heterocycles. The van der Waals surface area contributed by atoms with Crippen molar-refractivity contribution in [1.82, 2.24) is 9.88 Å². The average Bonchev–Trinajstić information content (AvgIpc) is 3.46. The van der Waals surface area contributed by atoms with Crippen LogP contribution in [0.25, 0.3) is 0 Å². The molecule has 1 heterocycles. The summed E-state index contributed by atoms with van der Waals surface area (Å²) in [7, 11) is 1.30. The number of benzene rings is 1. The van der Waals surface area contributed by atoms with Gasteiger partial charge in [-0.15, -0.1) is 0 Å². The van der Waals surface area contributed by atoms with E-state index in [1.807, 2.05) is 19.1 Å². The summed E-state index contributed by atoms with van der Waals surface area (Å²) in [6, 6.07) is 6.84. The average molecular weight is 382 g/mol. The molecule has 1 aliphatic carbocycles. The van der Waals surface area contributed by atoms with Crippen molar-refractivity contribution in [3.8, 4) is 0 Å². The van der Waals surface area contributed by atoms with Crippen molar-refractivity contribution in [1.29, 1.82) is 0 Å². The molecule has 1 fully saturated rings. The number of nitrogens with one attached hydrogen (secondary N) is 1. The fourth-order valence-corrected chi connectivity index (χ4v) is 3.62. The standard InChI is InChI=1S/C22H26N2O4/c1-12-6-8-16(9-7-12)21(26)24(17-10-11-17)15(4)20(25)18-13(2)19(22(27)28-5)23-14(18)3/h6-9,15,17,23H,10-11H2,1-5H3/t15-/m1/s1. The van der Waals surface area contributed by atoms with Crippen LogP contribution in [0, 0.1) is 20.8 Å². The van der Waals surface area contributed by atoms with Gasteiger partial charge in [-0.2, -0.15) is 0 Å². The predicted molar refractivity (Wildman–Crippen MR) is 106 cm³/mol. The predicted octanol–water partition coefficient (Wildman–Crippen LogP) is 3.60.